The molecule has 11 heteroatoms. The molecule has 0 saturated carbocycles. The standard InChI is InChI=1S/C35H36Cl3N3O4S/c1-4-18-39-35(43)33(21-26-8-6-5-7-9-26)40(22-27-11-17-31(37)32(38)20-27)34(42)23-41(29-14-10-24(2)25(3)19-29)46(44,45)30-15-12-28(36)13-16-30/h5-17,19-20,33H,4,18,21-23H2,1-3H3,(H,39,43)/t33-/m0/s1. The molecule has 0 aliphatic rings. The van der Waals surface area contributed by atoms with Crippen LogP contribution in [0.4, 0.5) is 5.69 Å². The summed E-state index contributed by atoms with van der Waals surface area (Å²) in [6.07, 6.45) is 0.904. The van der Waals surface area contributed by atoms with Gasteiger partial charge in [0.05, 0.1) is 20.6 Å². The monoisotopic (exact) mass is 699 g/mol. The Bertz CT molecular complexity index is 1790. The van der Waals surface area contributed by atoms with Gasteiger partial charge in [-0.2, -0.15) is 0 Å². The lowest BCUT2D eigenvalue weighted by atomic mass is 10.0. The van der Waals surface area contributed by atoms with Gasteiger partial charge in [-0.3, -0.25) is 13.9 Å². The van der Waals surface area contributed by atoms with Gasteiger partial charge in [0.15, 0.2) is 0 Å². The van der Waals surface area contributed by atoms with E-state index in [0.29, 0.717) is 39.3 Å². The van der Waals surface area contributed by atoms with E-state index in [9.17, 15) is 18.0 Å². The first-order valence-electron chi connectivity index (χ1n) is 14.8. The summed E-state index contributed by atoms with van der Waals surface area (Å²) in [6.45, 7) is 5.56. The van der Waals surface area contributed by atoms with Crippen LogP contribution < -0.4 is 9.62 Å². The lowest BCUT2D eigenvalue weighted by Gasteiger charge is -2.34. The van der Waals surface area contributed by atoms with Crippen molar-refractivity contribution >= 4 is 62.3 Å². The second-order valence-corrected chi connectivity index (χ2v) is 14.1. The van der Waals surface area contributed by atoms with E-state index in [2.05, 4.69) is 5.32 Å². The summed E-state index contributed by atoms with van der Waals surface area (Å²) in [4.78, 5) is 29.7. The normalized spacial score (nSPS) is 12.0. The van der Waals surface area contributed by atoms with Crippen molar-refractivity contribution in [3.8, 4) is 0 Å². The zero-order chi connectivity index (χ0) is 33.4. The number of benzene rings is 4. The molecular weight excluding hydrogens is 665 g/mol. The van der Waals surface area contributed by atoms with E-state index in [-0.39, 0.29) is 23.8 Å². The first kappa shape index (κ1) is 35.3. The number of carbonyl (C=O) groups is 2. The minimum atomic E-state index is -4.25. The highest BCUT2D eigenvalue weighted by molar-refractivity contribution is 7.92. The summed E-state index contributed by atoms with van der Waals surface area (Å²) < 4.78 is 29.4. The molecular formula is C35H36Cl3N3O4S. The topological polar surface area (TPSA) is 86.8 Å². The van der Waals surface area contributed by atoms with Gasteiger partial charge >= 0.3 is 0 Å². The van der Waals surface area contributed by atoms with Crippen molar-refractivity contribution < 1.29 is 18.0 Å². The van der Waals surface area contributed by atoms with Crippen LogP contribution in [-0.4, -0.2) is 44.3 Å². The van der Waals surface area contributed by atoms with Gasteiger partial charge in [-0.1, -0.05) is 84.2 Å². The third-order valence-electron chi connectivity index (χ3n) is 7.62. The van der Waals surface area contributed by atoms with Crippen molar-refractivity contribution in [2.24, 2.45) is 0 Å². The molecule has 4 aromatic carbocycles. The molecule has 0 heterocycles. The first-order chi connectivity index (χ1) is 21.9. The molecule has 0 radical (unpaired) electrons. The summed E-state index contributed by atoms with van der Waals surface area (Å²) in [7, 11) is -4.25. The molecule has 0 saturated heterocycles. The van der Waals surface area contributed by atoms with Crippen LogP contribution in [0.25, 0.3) is 0 Å². The maximum atomic E-state index is 14.5. The Kier molecular flexibility index (Phi) is 12.1. The third kappa shape index (κ3) is 8.82. The Morgan fingerprint density at radius 2 is 1.50 bits per heavy atom. The van der Waals surface area contributed by atoms with Crippen LogP contribution in [0.15, 0.2) is 95.9 Å². The minimum Gasteiger partial charge on any atom is -0.354 e. The Hall–Kier alpha value is -3.56. The van der Waals surface area contributed by atoms with Crippen molar-refractivity contribution in [3.05, 3.63) is 128 Å². The van der Waals surface area contributed by atoms with Gasteiger partial charge in [-0.05, 0) is 91.1 Å². The molecule has 0 bridgehead atoms. The smallest absolute Gasteiger partial charge is 0.264 e. The highest BCUT2D eigenvalue weighted by atomic mass is 35.5. The van der Waals surface area contributed by atoms with E-state index in [4.69, 9.17) is 34.8 Å². The SMILES string of the molecule is CCCNC(=O)[C@H](Cc1ccccc1)N(Cc1ccc(Cl)c(Cl)c1)C(=O)CN(c1ccc(C)c(C)c1)S(=O)(=O)c1ccc(Cl)cc1. The van der Waals surface area contributed by atoms with Gasteiger partial charge in [-0.15, -0.1) is 0 Å². The molecule has 1 atom stereocenters. The van der Waals surface area contributed by atoms with Crippen molar-refractivity contribution in [3.63, 3.8) is 0 Å². The lowest BCUT2D eigenvalue weighted by Crippen LogP contribution is -2.53. The maximum absolute atomic E-state index is 14.5. The first-order valence-corrected chi connectivity index (χ1v) is 17.4. The molecule has 2 amide bonds. The number of anilines is 1. The van der Waals surface area contributed by atoms with E-state index >= 15 is 0 Å². The number of halogens is 3. The number of nitrogens with one attached hydrogen (secondary N) is 1. The summed E-state index contributed by atoms with van der Waals surface area (Å²) in [6, 6.07) is 24.4. The van der Waals surface area contributed by atoms with E-state index in [1.54, 1.807) is 30.3 Å². The average Bonchev–Trinajstić information content (AvgIpc) is 3.04. The van der Waals surface area contributed by atoms with Crippen LogP contribution in [0.1, 0.15) is 35.6 Å². The van der Waals surface area contributed by atoms with Crippen LogP contribution in [0, 0.1) is 13.8 Å². The number of nitrogens with zero attached hydrogens (tertiary/aromatic N) is 2. The predicted molar refractivity (Wildman–Crippen MR) is 186 cm³/mol. The van der Waals surface area contributed by atoms with E-state index in [0.717, 1.165) is 21.0 Å². The summed E-state index contributed by atoms with van der Waals surface area (Å²) in [5, 5.41) is 3.95. The number of hydrogen-bond donors (Lipinski definition) is 1. The van der Waals surface area contributed by atoms with Gasteiger partial charge in [-0.25, -0.2) is 8.42 Å². The molecule has 0 fully saturated rings. The molecule has 0 spiro atoms. The van der Waals surface area contributed by atoms with Crippen LogP contribution in [0.2, 0.25) is 15.1 Å². The molecule has 4 aromatic rings. The molecule has 4 rings (SSSR count). The van der Waals surface area contributed by atoms with Crippen LogP contribution >= 0.6 is 34.8 Å². The molecule has 0 aromatic heterocycles. The van der Waals surface area contributed by atoms with Crippen LogP contribution in [-0.2, 0) is 32.6 Å². The van der Waals surface area contributed by atoms with Crippen LogP contribution in [0.3, 0.4) is 0 Å². The minimum absolute atomic E-state index is 0.0193. The van der Waals surface area contributed by atoms with Crippen molar-refractivity contribution in [2.75, 3.05) is 17.4 Å². The number of hydrogen-bond acceptors (Lipinski definition) is 4. The Morgan fingerprint density at radius 1 is 0.804 bits per heavy atom. The molecule has 0 aliphatic carbocycles. The Balaban J connectivity index is 1.82. The number of carbonyl (C=O) groups excluding carboxylic acids is 2. The second kappa shape index (κ2) is 15.8. The van der Waals surface area contributed by atoms with E-state index < -0.39 is 28.5 Å². The van der Waals surface area contributed by atoms with Crippen molar-refractivity contribution in [1.29, 1.82) is 0 Å². The number of amides is 2. The summed E-state index contributed by atoms with van der Waals surface area (Å²) >= 11 is 18.6. The zero-order valence-corrected chi connectivity index (χ0v) is 28.9. The van der Waals surface area contributed by atoms with Gasteiger partial charge in [0.1, 0.15) is 12.6 Å². The quantitative estimate of drug-likeness (QED) is 0.156. The fraction of sp³-hybridized carbons (Fsp3) is 0.257. The summed E-state index contributed by atoms with van der Waals surface area (Å²) in [5.41, 5.74) is 3.61. The number of sulfonamides is 1. The molecule has 242 valence electrons. The van der Waals surface area contributed by atoms with Gasteiger partial charge in [0.25, 0.3) is 10.0 Å². The second-order valence-electron chi connectivity index (χ2n) is 11.0. The Morgan fingerprint density at radius 3 is 2.13 bits per heavy atom. The predicted octanol–water partition coefficient (Wildman–Crippen LogP) is 7.63. The Labute approximate surface area is 286 Å². The number of rotatable bonds is 13. The van der Waals surface area contributed by atoms with Gasteiger partial charge in [0, 0.05) is 24.5 Å². The molecule has 7 nitrogen and oxygen atoms in total. The molecule has 46 heavy (non-hydrogen) atoms. The van der Waals surface area contributed by atoms with Crippen molar-refractivity contribution in [2.45, 2.75) is 51.1 Å². The largest absolute Gasteiger partial charge is 0.354 e. The lowest BCUT2D eigenvalue weighted by molar-refractivity contribution is -0.140. The molecule has 0 aliphatic heterocycles. The van der Waals surface area contributed by atoms with Crippen LogP contribution in [0.5, 0.6) is 0 Å². The van der Waals surface area contributed by atoms with Crippen molar-refractivity contribution in [1.82, 2.24) is 10.2 Å². The van der Waals surface area contributed by atoms with Gasteiger partial charge in [0.2, 0.25) is 11.8 Å². The fourth-order valence-corrected chi connectivity index (χ4v) is 6.75. The van der Waals surface area contributed by atoms with E-state index in [1.807, 2.05) is 57.2 Å². The molecule has 1 N–H and O–H groups in total. The average molecular weight is 701 g/mol. The number of aryl methyl sites for hydroxylation is 2. The zero-order valence-electron chi connectivity index (χ0n) is 25.8. The third-order valence-corrected chi connectivity index (χ3v) is 10.4. The maximum Gasteiger partial charge on any atom is 0.264 e. The van der Waals surface area contributed by atoms with Gasteiger partial charge < -0.3 is 10.2 Å². The highest BCUT2D eigenvalue weighted by Gasteiger charge is 2.34. The highest BCUT2D eigenvalue weighted by Crippen LogP contribution is 2.28. The molecule has 0 unspecified atom stereocenters. The van der Waals surface area contributed by atoms with E-state index in [1.165, 1.54) is 29.2 Å². The fourth-order valence-electron chi connectivity index (χ4n) is 4.90. The summed E-state index contributed by atoms with van der Waals surface area (Å²) in [5.74, 6) is -0.924.